The van der Waals surface area contributed by atoms with Gasteiger partial charge in [0.25, 0.3) is 5.91 Å². The van der Waals surface area contributed by atoms with Crippen molar-refractivity contribution in [3.05, 3.63) is 17.8 Å². The van der Waals surface area contributed by atoms with Gasteiger partial charge in [-0.15, -0.1) is 0 Å². The SMILES string of the molecule is CC(O)C(N)c1nc(C(=O)NC2CC(C)(C)NC(C)(C)C2)co1. The fourth-order valence-electron chi connectivity index (χ4n) is 3.44. The first-order valence-electron chi connectivity index (χ1n) is 7.98. The minimum Gasteiger partial charge on any atom is -0.446 e. The van der Waals surface area contributed by atoms with Gasteiger partial charge in [-0.25, -0.2) is 4.98 Å². The molecule has 1 aromatic rings. The van der Waals surface area contributed by atoms with Gasteiger partial charge in [-0.2, -0.15) is 0 Å². The lowest BCUT2D eigenvalue weighted by Gasteiger charge is -2.46. The molecule has 7 heteroatoms. The third-order valence-electron chi connectivity index (χ3n) is 4.08. The predicted octanol–water partition coefficient (Wildman–Crippen LogP) is 1.09. The van der Waals surface area contributed by atoms with Crippen LogP contribution < -0.4 is 16.4 Å². The van der Waals surface area contributed by atoms with Crippen LogP contribution in [0.15, 0.2) is 10.7 Å². The monoisotopic (exact) mass is 324 g/mol. The molecule has 1 fully saturated rings. The topological polar surface area (TPSA) is 113 Å². The van der Waals surface area contributed by atoms with E-state index in [4.69, 9.17) is 10.2 Å². The summed E-state index contributed by atoms with van der Waals surface area (Å²) in [5.74, 6) is -0.118. The summed E-state index contributed by atoms with van der Waals surface area (Å²) in [6.45, 7) is 10.1. The average Bonchev–Trinajstić information content (AvgIpc) is 2.82. The zero-order valence-electron chi connectivity index (χ0n) is 14.5. The summed E-state index contributed by atoms with van der Waals surface area (Å²) in [6, 6.07) is -0.687. The summed E-state index contributed by atoms with van der Waals surface area (Å²) in [7, 11) is 0. The zero-order valence-corrected chi connectivity index (χ0v) is 14.5. The van der Waals surface area contributed by atoms with Crippen LogP contribution in [0.3, 0.4) is 0 Å². The van der Waals surface area contributed by atoms with Gasteiger partial charge >= 0.3 is 0 Å². The standard InChI is InChI=1S/C16H28N4O3/c1-9(21)12(17)14-19-11(8-23-14)13(22)18-10-6-15(2,3)20-16(4,5)7-10/h8-10,12,20-21H,6-7,17H2,1-5H3,(H,18,22). The Bertz CT molecular complexity index is 549. The fraction of sp³-hybridized carbons (Fsp3) is 0.750. The van der Waals surface area contributed by atoms with Crippen molar-refractivity contribution in [1.29, 1.82) is 0 Å². The van der Waals surface area contributed by atoms with E-state index in [0.717, 1.165) is 12.8 Å². The smallest absolute Gasteiger partial charge is 0.273 e. The maximum absolute atomic E-state index is 12.4. The second kappa shape index (κ2) is 6.22. The van der Waals surface area contributed by atoms with Crippen LogP contribution >= 0.6 is 0 Å². The van der Waals surface area contributed by atoms with E-state index in [2.05, 4.69) is 43.3 Å². The zero-order chi connectivity index (χ0) is 17.4. The van der Waals surface area contributed by atoms with Crippen molar-refractivity contribution < 1.29 is 14.3 Å². The Morgan fingerprint density at radius 1 is 1.43 bits per heavy atom. The molecule has 0 aliphatic carbocycles. The number of hydrogen-bond acceptors (Lipinski definition) is 6. The number of nitrogens with one attached hydrogen (secondary N) is 2. The Labute approximate surface area is 137 Å². The van der Waals surface area contributed by atoms with Crippen LogP contribution in [0.25, 0.3) is 0 Å². The molecular formula is C16H28N4O3. The van der Waals surface area contributed by atoms with Crippen molar-refractivity contribution >= 4 is 5.91 Å². The number of amides is 1. The van der Waals surface area contributed by atoms with E-state index in [1.807, 2.05) is 0 Å². The molecule has 0 bridgehead atoms. The van der Waals surface area contributed by atoms with E-state index in [-0.39, 0.29) is 34.6 Å². The second-order valence-corrected chi connectivity index (χ2v) is 7.81. The number of oxazole rings is 1. The Hall–Kier alpha value is -1.44. The molecule has 2 rings (SSSR count). The van der Waals surface area contributed by atoms with Gasteiger partial charge in [-0.3, -0.25) is 4.79 Å². The minimum absolute atomic E-state index is 0.0522. The molecule has 2 unspecified atom stereocenters. The van der Waals surface area contributed by atoms with Gasteiger partial charge in [0.2, 0.25) is 5.89 Å². The maximum Gasteiger partial charge on any atom is 0.273 e. The van der Waals surface area contributed by atoms with Gasteiger partial charge < -0.3 is 25.9 Å². The normalized spacial score (nSPS) is 23.3. The van der Waals surface area contributed by atoms with Crippen molar-refractivity contribution in [1.82, 2.24) is 15.6 Å². The van der Waals surface area contributed by atoms with Crippen molar-refractivity contribution in [3.63, 3.8) is 0 Å². The Kier molecular flexibility index (Phi) is 4.84. The molecule has 7 nitrogen and oxygen atoms in total. The first kappa shape index (κ1) is 17.9. The summed E-state index contributed by atoms with van der Waals surface area (Å²) < 4.78 is 5.21. The number of carbonyl (C=O) groups is 1. The van der Waals surface area contributed by atoms with Crippen LogP contribution in [-0.2, 0) is 0 Å². The minimum atomic E-state index is -0.796. The van der Waals surface area contributed by atoms with E-state index in [9.17, 15) is 9.90 Å². The Balaban J connectivity index is 2.04. The highest BCUT2D eigenvalue weighted by Crippen LogP contribution is 2.28. The molecular weight excluding hydrogens is 296 g/mol. The third kappa shape index (κ3) is 4.53. The van der Waals surface area contributed by atoms with Gasteiger partial charge in [0.05, 0.1) is 6.10 Å². The van der Waals surface area contributed by atoms with Crippen LogP contribution in [0.4, 0.5) is 0 Å². The van der Waals surface area contributed by atoms with Gasteiger partial charge in [0, 0.05) is 17.1 Å². The van der Waals surface area contributed by atoms with Crippen LogP contribution in [-0.4, -0.2) is 39.2 Å². The van der Waals surface area contributed by atoms with E-state index < -0.39 is 12.1 Å². The molecule has 1 amide bonds. The van der Waals surface area contributed by atoms with Gasteiger partial charge in [0.1, 0.15) is 12.3 Å². The molecule has 2 atom stereocenters. The first-order valence-corrected chi connectivity index (χ1v) is 7.98. The molecule has 2 heterocycles. The maximum atomic E-state index is 12.4. The number of carbonyl (C=O) groups excluding carboxylic acids is 1. The van der Waals surface area contributed by atoms with Crippen molar-refractivity contribution in [3.8, 4) is 0 Å². The molecule has 5 N–H and O–H groups in total. The average molecular weight is 324 g/mol. The van der Waals surface area contributed by atoms with Crippen LogP contribution in [0.2, 0.25) is 0 Å². The molecule has 0 spiro atoms. The highest BCUT2D eigenvalue weighted by Gasteiger charge is 2.38. The Morgan fingerprint density at radius 2 is 2.00 bits per heavy atom. The van der Waals surface area contributed by atoms with Crippen LogP contribution in [0.5, 0.6) is 0 Å². The number of aliphatic hydroxyl groups is 1. The summed E-state index contributed by atoms with van der Waals surface area (Å²) in [5, 5.41) is 16.1. The number of aliphatic hydroxyl groups excluding tert-OH is 1. The second-order valence-electron chi connectivity index (χ2n) is 7.81. The molecule has 130 valence electrons. The Morgan fingerprint density at radius 3 is 2.52 bits per heavy atom. The number of nitrogens with zero attached hydrogens (tertiary/aromatic N) is 1. The predicted molar refractivity (Wildman–Crippen MR) is 86.9 cm³/mol. The molecule has 0 radical (unpaired) electrons. The lowest BCUT2D eigenvalue weighted by atomic mass is 9.79. The van der Waals surface area contributed by atoms with Gasteiger partial charge in [-0.1, -0.05) is 0 Å². The van der Waals surface area contributed by atoms with Gasteiger partial charge in [-0.05, 0) is 47.5 Å². The van der Waals surface area contributed by atoms with Gasteiger partial charge in [0.15, 0.2) is 5.69 Å². The van der Waals surface area contributed by atoms with Crippen molar-refractivity contribution in [2.75, 3.05) is 0 Å². The molecule has 0 saturated carbocycles. The summed E-state index contributed by atoms with van der Waals surface area (Å²) in [6.07, 6.45) is 2.15. The molecule has 1 aliphatic heterocycles. The number of rotatable bonds is 4. The highest BCUT2D eigenvalue weighted by molar-refractivity contribution is 5.92. The van der Waals surface area contributed by atoms with Crippen molar-refractivity contribution in [2.24, 2.45) is 5.73 Å². The number of aromatic nitrogens is 1. The lowest BCUT2D eigenvalue weighted by molar-refractivity contribution is 0.0868. The van der Waals surface area contributed by atoms with E-state index in [1.165, 1.54) is 6.26 Å². The molecule has 1 aliphatic rings. The largest absolute Gasteiger partial charge is 0.446 e. The summed E-state index contributed by atoms with van der Waals surface area (Å²) >= 11 is 0. The molecule has 1 saturated heterocycles. The van der Waals surface area contributed by atoms with E-state index in [0.29, 0.717) is 0 Å². The van der Waals surface area contributed by atoms with E-state index >= 15 is 0 Å². The number of nitrogens with two attached hydrogens (primary N) is 1. The summed E-state index contributed by atoms with van der Waals surface area (Å²) in [5.41, 5.74) is 5.84. The summed E-state index contributed by atoms with van der Waals surface area (Å²) in [4.78, 5) is 16.5. The molecule has 23 heavy (non-hydrogen) atoms. The number of piperidine rings is 1. The highest BCUT2D eigenvalue weighted by atomic mass is 16.3. The van der Waals surface area contributed by atoms with E-state index in [1.54, 1.807) is 6.92 Å². The molecule has 0 aromatic carbocycles. The fourth-order valence-corrected chi connectivity index (χ4v) is 3.44. The van der Waals surface area contributed by atoms with Crippen LogP contribution in [0, 0.1) is 0 Å². The quantitative estimate of drug-likeness (QED) is 0.659. The first-order chi connectivity index (χ1) is 10.5. The lowest BCUT2D eigenvalue weighted by Crippen LogP contribution is -2.62. The van der Waals surface area contributed by atoms with Crippen molar-refractivity contribution in [2.45, 2.75) is 76.7 Å². The number of hydrogen-bond donors (Lipinski definition) is 4. The molecule has 1 aromatic heterocycles. The van der Waals surface area contributed by atoms with Crippen LogP contribution in [0.1, 0.15) is 69.9 Å². The third-order valence-corrected chi connectivity index (χ3v) is 4.08.